The van der Waals surface area contributed by atoms with E-state index in [1.54, 1.807) is 4.57 Å². The molecule has 0 spiro atoms. The molecule has 15 heavy (non-hydrogen) atoms. The summed E-state index contributed by atoms with van der Waals surface area (Å²) in [4.78, 5) is 12.0. The highest BCUT2D eigenvalue weighted by Gasteiger charge is 2.18. The maximum absolute atomic E-state index is 12.0. The quantitative estimate of drug-likeness (QED) is 0.820. The van der Waals surface area contributed by atoms with Crippen molar-refractivity contribution in [3.63, 3.8) is 0 Å². The highest BCUT2D eigenvalue weighted by Crippen LogP contribution is 2.11. The van der Waals surface area contributed by atoms with Gasteiger partial charge in [-0.1, -0.05) is 19.4 Å². The molecule has 3 heteroatoms. The first-order valence-electron chi connectivity index (χ1n) is 5.45. The normalized spacial score (nSPS) is 11.7. The Labute approximate surface area is 90.9 Å². The van der Waals surface area contributed by atoms with Gasteiger partial charge in [0.15, 0.2) is 0 Å². The van der Waals surface area contributed by atoms with Gasteiger partial charge in [0.05, 0.1) is 0 Å². The zero-order chi connectivity index (χ0) is 11.5. The lowest BCUT2D eigenvalue weighted by atomic mass is 9.97. The molecule has 0 aromatic carbocycles. The van der Waals surface area contributed by atoms with Crippen molar-refractivity contribution in [3.8, 4) is 0 Å². The molecule has 1 rings (SSSR count). The fourth-order valence-corrected chi connectivity index (χ4v) is 1.53. The number of nitrogens with two attached hydrogens (primary N) is 1. The lowest BCUT2D eigenvalue weighted by Gasteiger charge is -2.19. The average molecular weight is 208 g/mol. The van der Waals surface area contributed by atoms with Crippen molar-refractivity contribution < 1.29 is 0 Å². The summed E-state index contributed by atoms with van der Waals surface area (Å²) < 4.78 is 1.74. The van der Waals surface area contributed by atoms with Crippen LogP contribution < -0.4 is 11.3 Å². The first-order valence-corrected chi connectivity index (χ1v) is 5.45. The minimum atomic E-state index is -0.563. The van der Waals surface area contributed by atoms with E-state index < -0.39 is 5.54 Å². The van der Waals surface area contributed by atoms with Gasteiger partial charge in [-0.3, -0.25) is 4.79 Å². The number of hydrogen-bond acceptors (Lipinski definition) is 2. The molecule has 0 saturated heterocycles. The summed E-state index contributed by atoms with van der Waals surface area (Å²) in [6, 6.07) is 3.70. The Morgan fingerprint density at radius 2 is 2.13 bits per heavy atom. The second-order valence-corrected chi connectivity index (χ2v) is 4.50. The maximum atomic E-state index is 12.0. The van der Waals surface area contributed by atoms with Crippen molar-refractivity contribution in [2.75, 3.05) is 0 Å². The summed E-state index contributed by atoms with van der Waals surface area (Å²) >= 11 is 0. The van der Waals surface area contributed by atoms with Crippen LogP contribution in [0.4, 0.5) is 0 Å². The zero-order valence-electron chi connectivity index (χ0n) is 9.79. The molecule has 0 aliphatic rings. The summed E-state index contributed by atoms with van der Waals surface area (Å²) in [5.74, 6) is 0. The molecule has 0 fully saturated rings. The largest absolute Gasteiger partial charge is 0.322 e. The van der Waals surface area contributed by atoms with Crippen LogP contribution in [0.1, 0.15) is 39.2 Å². The van der Waals surface area contributed by atoms with Gasteiger partial charge < -0.3 is 10.3 Å². The lowest BCUT2D eigenvalue weighted by Crippen LogP contribution is -2.37. The molecule has 0 unspecified atom stereocenters. The second-order valence-electron chi connectivity index (χ2n) is 4.50. The van der Waals surface area contributed by atoms with Crippen molar-refractivity contribution in [1.82, 2.24) is 4.57 Å². The van der Waals surface area contributed by atoms with Crippen LogP contribution in [0.15, 0.2) is 23.1 Å². The van der Waals surface area contributed by atoms with Gasteiger partial charge in [-0.15, -0.1) is 0 Å². The monoisotopic (exact) mass is 208 g/mol. The highest BCUT2D eigenvalue weighted by molar-refractivity contribution is 5.18. The van der Waals surface area contributed by atoms with Gasteiger partial charge in [-0.2, -0.15) is 0 Å². The molecule has 0 radical (unpaired) electrons. The van der Waals surface area contributed by atoms with Crippen molar-refractivity contribution in [2.45, 2.75) is 45.7 Å². The van der Waals surface area contributed by atoms with E-state index in [9.17, 15) is 4.79 Å². The van der Waals surface area contributed by atoms with Crippen LogP contribution in [-0.2, 0) is 12.1 Å². The number of rotatable bonds is 4. The Balaban J connectivity index is 3.07. The number of unbranched alkanes of at least 4 members (excludes halogenated alkanes) is 1. The third-order valence-electron chi connectivity index (χ3n) is 2.47. The fourth-order valence-electron chi connectivity index (χ4n) is 1.53. The van der Waals surface area contributed by atoms with E-state index in [1.807, 2.05) is 32.2 Å². The highest BCUT2D eigenvalue weighted by atomic mass is 16.1. The van der Waals surface area contributed by atoms with E-state index in [4.69, 9.17) is 5.73 Å². The molecule has 0 aliphatic heterocycles. The van der Waals surface area contributed by atoms with Crippen LogP contribution >= 0.6 is 0 Å². The Morgan fingerprint density at radius 1 is 1.47 bits per heavy atom. The Hall–Kier alpha value is -1.09. The van der Waals surface area contributed by atoms with Gasteiger partial charge in [-0.25, -0.2) is 0 Å². The topological polar surface area (TPSA) is 48.0 Å². The maximum Gasteiger partial charge on any atom is 0.255 e. The third-order valence-corrected chi connectivity index (χ3v) is 2.47. The van der Waals surface area contributed by atoms with Crippen molar-refractivity contribution in [1.29, 1.82) is 0 Å². The molecule has 0 saturated carbocycles. The summed E-state index contributed by atoms with van der Waals surface area (Å²) in [7, 11) is 0. The predicted molar refractivity (Wildman–Crippen MR) is 62.8 cm³/mol. The molecule has 1 aromatic heterocycles. The number of pyridine rings is 1. The SMILES string of the molecule is CCCCn1cccc(C(C)(C)N)c1=O. The van der Waals surface area contributed by atoms with Crippen LogP contribution in [-0.4, -0.2) is 4.57 Å². The van der Waals surface area contributed by atoms with E-state index in [2.05, 4.69) is 6.92 Å². The van der Waals surface area contributed by atoms with Crippen LogP contribution in [0.2, 0.25) is 0 Å². The molecule has 0 atom stereocenters. The summed E-state index contributed by atoms with van der Waals surface area (Å²) in [6.45, 7) is 6.60. The molecule has 1 aromatic rings. The minimum absolute atomic E-state index is 0.0402. The van der Waals surface area contributed by atoms with E-state index in [0.717, 1.165) is 19.4 Å². The summed E-state index contributed by atoms with van der Waals surface area (Å²) in [6.07, 6.45) is 3.93. The van der Waals surface area contributed by atoms with Crippen molar-refractivity contribution >= 4 is 0 Å². The van der Waals surface area contributed by atoms with Crippen LogP contribution in [0.25, 0.3) is 0 Å². The van der Waals surface area contributed by atoms with Gasteiger partial charge in [0.25, 0.3) is 5.56 Å². The Morgan fingerprint density at radius 3 is 2.67 bits per heavy atom. The number of nitrogens with zero attached hydrogens (tertiary/aromatic N) is 1. The number of hydrogen-bond donors (Lipinski definition) is 1. The molecule has 2 N–H and O–H groups in total. The van der Waals surface area contributed by atoms with Crippen molar-refractivity contribution in [3.05, 3.63) is 34.2 Å². The smallest absolute Gasteiger partial charge is 0.255 e. The van der Waals surface area contributed by atoms with Crippen LogP contribution in [0.5, 0.6) is 0 Å². The summed E-state index contributed by atoms with van der Waals surface area (Å²) in [5, 5.41) is 0. The first-order chi connectivity index (χ1) is 6.96. The molecule has 0 amide bonds. The van der Waals surface area contributed by atoms with Gasteiger partial charge in [0.1, 0.15) is 0 Å². The number of aryl methyl sites for hydroxylation is 1. The first kappa shape index (κ1) is 12.0. The molecule has 0 aliphatic carbocycles. The van der Waals surface area contributed by atoms with Gasteiger partial charge in [0.2, 0.25) is 0 Å². The van der Waals surface area contributed by atoms with Crippen LogP contribution in [0.3, 0.4) is 0 Å². The second kappa shape index (κ2) is 4.62. The summed E-state index contributed by atoms with van der Waals surface area (Å²) in [5.41, 5.74) is 6.10. The van der Waals surface area contributed by atoms with Gasteiger partial charge >= 0.3 is 0 Å². The zero-order valence-corrected chi connectivity index (χ0v) is 9.79. The average Bonchev–Trinajstić information content (AvgIpc) is 2.14. The molecule has 3 nitrogen and oxygen atoms in total. The standard InChI is InChI=1S/C12H20N2O/c1-4-5-8-14-9-6-7-10(11(14)15)12(2,3)13/h6-7,9H,4-5,8,13H2,1-3H3. The Kier molecular flexibility index (Phi) is 3.69. The van der Waals surface area contributed by atoms with E-state index in [0.29, 0.717) is 5.56 Å². The lowest BCUT2D eigenvalue weighted by molar-refractivity contribution is 0.526. The molecule has 84 valence electrons. The predicted octanol–water partition coefficient (Wildman–Crippen LogP) is 1.84. The van der Waals surface area contributed by atoms with Gasteiger partial charge in [-0.05, 0) is 26.3 Å². The molecular formula is C12H20N2O. The van der Waals surface area contributed by atoms with E-state index >= 15 is 0 Å². The van der Waals surface area contributed by atoms with E-state index in [-0.39, 0.29) is 5.56 Å². The fraction of sp³-hybridized carbons (Fsp3) is 0.583. The minimum Gasteiger partial charge on any atom is -0.322 e. The van der Waals surface area contributed by atoms with E-state index in [1.165, 1.54) is 0 Å². The molecule has 1 heterocycles. The van der Waals surface area contributed by atoms with Gasteiger partial charge in [0, 0.05) is 23.8 Å². The van der Waals surface area contributed by atoms with Crippen LogP contribution in [0, 0.1) is 0 Å². The molecule has 0 bridgehead atoms. The van der Waals surface area contributed by atoms with Crippen molar-refractivity contribution in [2.24, 2.45) is 5.73 Å². The molecular weight excluding hydrogens is 188 g/mol. The number of aromatic nitrogens is 1. The Bertz CT molecular complexity index is 374. The third kappa shape index (κ3) is 2.93.